The maximum atomic E-state index is 11.9. The van der Waals surface area contributed by atoms with Crippen molar-refractivity contribution in [1.29, 1.82) is 0 Å². The van der Waals surface area contributed by atoms with E-state index < -0.39 is 0 Å². The smallest absolute Gasteiger partial charge is 0.222 e. The van der Waals surface area contributed by atoms with E-state index in [2.05, 4.69) is 18.7 Å². The minimum Gasteiger partial charge on any atom is -0.339 e. The first-order valence-electron chi connectivity index (χ1n) is 6.44. The van der Waals surface area contributed by atoms with Crippen molar-refractivity contribution in [3.05, 3.63) is 0 Å². The lowest BCUT2D eigenvalue weighted by atomic mass is 9.93. The van der Waals surface area contributed by atoms with Crippen molar-refractivity contribution in [3.8, 4) is 0 Å². The number of amides is 1. The van der Waals surface area contributed by atoms with E-state index in [1.165, 1.54) is 32.1 Å². The van der Waals surface area contributed by atoms with Crippen molar-refractivity contribution >= 4 is 5.91 Å². The van der Waals surface area contributed by atoms with Crippen LogP contribution in [0.3, 0.4) is 0 Å². The maximum Gasteiger partial charge on any atom is 0.222 e. The lowest BCUT2D eigenvalue weighted by Crippen LogP contribution is -2.43. The highest BCUT2D eigenvalue weighted by Gasteiger charge is 2.24. The number of carbonyl (C=O) groups is 1. The maximum absolute atomic E-state index is 11.9. The minimum absolute atomic E-state index is 0.343. The third-order valence-corrected chi connectivity index (χ3v) is 3.20. The average Bonchev–Trinajstić information content (AvgIpc) is 2.26. The fraction of sp³-hybridized carbons (Fsp3) is 0.923. The van der Waals surface area contributed by atoms with Crippen LogP contribution in [0.2, 0.25) is 0 Å². The lowest BCUT2D eigenvalue weighted by Gasteiger charge is -2.35. The molecule has 2 heteroatoms. The second-order valence-corrected chi connectivity index (χ2v) is 5.09. The lowest BCUT2D eigenvalue weighted by molar-refractivity contribution is -0.134. The molecule has 0 bridgehead atoms. The first-order chi connectivity index (χ1) is 7.15. The molecule has 0 saturated heterocycles. The van der Waals surface area contributed by atoms with Gasteiger partial charge in [0.15, 0.2) is 0 Å². The molecule has 0 atom stereocenters. The number of carbonyl (C=O) groups excluding carboxylic acids is 1. The number of rotatable bonds is 4. The molecule has 1 aliphatic carbocycles. The molecular formula is C13H25NO. The summed E-state index contributed by atoms with van der Waals surface area (Å²) in [6.45, 7) is 7.30. The van der Waals surface area contributed by atoms with Crippen molar-refractivity contribution in [1.82, 2.24) is 4.90 Å². The normalized spacial score (nSPS) is 18.1. The molecular weight excluding hydrogens is 186 g/mol. The molecule has 1 saturated carbocycles. The molecule has 0 radical (unpaired) electrons. The van der Waals surface area contributed by atoms with Gasteiger partial charge in [-0.15, -0.1) is 0 Å². The van der Waals surface area contributed by atoms with Crippen LogP contribution in [-0.2, 0) is 4.79 Å². The van der Waals surface area contributed by atoms with E-state index in [-0.39, 0.29) is 0 Å². The van der Waals surface area contributed by atoms with E-state index in [0.717, 1.165) is 6.54 Å². The van der Waals surface area contributed by atoms with Gasteiger partial charge in [0.2, 0.25) is 5.91 Å². The largest absolute Gasteiger partial charge is 0.339 e. The van der Waals surface area contributed by atoms with Crippen LogP contribution >= 0.6 is 0 Å². The topological polar surface area (TPSA) is 20.3 Å². The Balaban J connectivity index is 2.57. The van der Waals surface area contributed by atoms with Gasteiger partial charge in [-0.2, -0.15) is 0 Å². The predicted octanol–water partition coefficient (Wildman–Crippen LogP) is 3.21. The van der Waals surface area contributed by atoms with Gasteiger partial charge in [-0.1, -0.05) is 40.0 Å². The van der Waals surface area contributed by atoms with Crippen LogP contribution in [0, 0.1) is 5.92 Å². The van der Waals surface area contributed by atoms with Crippen LogP contribution in [0.25, 0.3) is 0 Å². The Morgan fingerprint density at radius 2 is 1.87 bits per heavy atom. The van der Waals surface area contributed by atoms with Crippen molar-refractivity contribution in [2.75, 3.05) is 6.54 Å². The quantitative estimate of drug-likeness (QED) is 0.699. The molecule has 0 heterocycles. The van der Waals surface area contributed by atoms with Crippen LogP contribution in [0.5, 0.6) is 0 Å². The van der Waals surface area contributed by atoms with Gasteiger partial charge >= 0.3 is 0 Å². The zero-order valence-corrected chi connectivity index (χ0v) is 10.5. The Morgan fingerprint density at radius 3 is 2.33 bits per heavy atom. The number of hydrogen-bond acceptors (Lipinski definition) is 1. The van der Waals surface area contributed by atoms with Gasteiger partial charge in [-0.05, 0) is 18.8 Å². The summed E-state index contributed by atoms with van der Waals surface area (Å²) in [5.74, 6) is 0.929. The summed E-state index contributed by atoms with van der Waals surface area (Å²) in [7, 11) is 0. The van der Waals surface area contributed by atoms with Crippen LogP contribution in [-0.4, -0.2) is 23.4 Å². The molecule has 0 aromatic heterocycles. The van der Waals surface area contributed by atoms with Gasteiger partial charge in [0.1, 0.15) is 0 Å². The van der Waals surface area contributed by atoms with Crippen LogP contribution < -0.4 is 0 Å². The summed E-state index contributed by atoms with van der Waals surface area (Å²) in [4.78, 5) is 14.0. The van der Waals surface area contributed by atoms with Crippen molar-refractivity contribution < 1.29 is 4.79 Å². The summed E-state index contributed by atoms with van der Waals surface area (Å²) in [5, 5.41) is 0. The third kappa shape index (κ3) is 3.84. The molecule has 0 N–H and O–H groups in total. The summed E-state index contributed by atoms with van der Waals surface area (Å²) in [6.07, 6.45) is 7.05. The summed E-state index contributed by atoms with van der Waals surface area (Å²) < 4.78 is 0. The molecule has 15 heavy (non-hydrogen) atoms. The number of nitrogens with zero attached hydrogens (tertiary/aromatic N) is 1. The molecule has 0 spiro atoms. The standard InChI is InChI=1S/C13H25NO/c1-4-13(15)14(10-11(2)3)12-8-6-5-7-9-12/h11-12H,4-10H2,1-3H3. The Hall–Kier alpha value is -0.530. The van der Waals surface area contributed by atoms with Gasteiger partial charge in [-0.25, -0.2) is 0 Å². The van der Waals surface area contributed by atoms with Gasteiger partial charge in [0, 0.05) is 19.0 Å². The molecule has 0 aromatic carbocycles. The summed E-state index contributed by atoms with van der Waals surface area (Å²) in [6, 6.07) is 0.536. The fourth-order valence-corrected chi connectivity index (χ4v) is 2.44. The van der Waals surface area contributed by atoms with E-state index in [1.54, 1.807) is 0 Å². The molecule has 2 nitrogen and oxygen atoms in total. The molecule has 1 fully saturated rings. The van der Waals surface area contributed by atoms with E-state index >= 15 is 0 Å². The van der Waals surface area contributed by atoms with Gasteiger partial charge in [0.05, 0.1) is 0 Å². The van der Waals surface area contributed by atoms with Crippen LogP contribution in [0.1, 0.15) is 59.3 Å². The highest BCUT2D eigenvalue weighted by atomic mass is 16.2. The molecule has 1 aliphatic rings. The molecule has 1 rings (SSSR count). The van der Waals surface area contributed by atoms with Crippen LogP contribution in [0.15, 0.2) is 0 Å². The fourth-order valence-electron chi connectivity index (χ4n) is 2.44. The molecule has 88 valence electrons. The molecule has 0 aromatic rings. The summed E-state index contributed by atoms with van der Waals surface area (Å²) >= 11 is 0. The summed E-state index contributed by atoms with van der Waals surface area (Å²) in [5.41, 5.74) is 0. The average molecular weight is 211 g/mol. The number of hydrogen-bond donors (Lipinski definition) is 0. The molecule has 1 amide bonds. The minimum atomic E-state index is 0.343. The van der Waals surface area contributed by atoms with Gasteiger partial charge in [-0.3, -0.25) is 4.79 Å². The van der Waals surface area contributed by atoms with Gasteiger partial charge in [0.25, 0.3) is 0 Å². The first kappa shape index (κ1) is 12.5. The molecule has 0 unspecified atom stereocenters. The highest BCUT2D eigenvalue weighted by molar-refractivity contribution is 5.76. The first-order valence-corrected chi connectivity index (χ1v) is 6.44. The predicted molar refractivity (Wildman–Crippen MR) is 63.7 cm³/mol. The Kier molecular flexibility index (Phi) is 5.13. The second kappa shape index (κ2) is 6.14. The second-order valence-electron chi connectivity index (χ2n) is 5.09. The zero-order chi connectivity index (χ0) is 11.3. The Morgan fingerprint density at radius 1 is 1.27 bits per heavy atom. The monoisotopic (exact) mass is 211 g/mol. The van der Waals surface area contributed by atoms with Gasteiger partial charge < -0.3 is 4.90 Å². The van der Waals surface area contributed by atoms with Crippen LogP contribution in [0.4, 0.5) is 0 Å². The van der Waals surface area contributed by atoms with E-state index in [1.807, 2.05) is 6.92 Å². The highest BCUT2D eigenvalue weighted by Crippen LogP contribution is 2.23. The zero-order valence-electron chi connectivity index (χ0n) is 10.5. The Labute approximate surface area is 94.0 Å². The van der Waals surface area contributed by atoms with Crippen molar-refractivity contribution in [2.45, 2.75) is 65.3 Å². The SMILES string of the molecule is CCC(=O)N(CC(C)C)C1CCCCC1. The van der Waals surface area contributed by atoms with Crippen molar-refractivity contribution in [2.24, 2.45) is 5.92 Å². The molecule has 0 aliphatic heterocycles. The van der Waals surface area contributed by atoms with E-state index in [4.69, 9.17) is 0 Å². The Bertz CT molecular complexity index is 195. The van der Waals surface area contributed by atoms with E-state index in [9.17, 15) is 4.79 Å². The third-order valence-electron chi connectivity index (χ3n) is 3.20. The van der Waals surface area contributed by atoms with Crippen molar-refractivity contribution in [3.63, 3.8) is 0 Å². The van der Waals surface area contributed by atoms with E-state index in [0.29, 0.717) is 24.3 Å².